The van der Waals surface area contributed by atoms with Crippen molar-refractivity contribution in [3.8, 4) is 0 Å². The Kier molecular flexibility index (Phi) is 5.78. The van der Waals surface area contributed by atoms with Crippen LogP contribution in [0.4, 0.5) is 0 Å². The van der Waals surface area contributed by atoms with Crippen LogP contribution in [0.15, 0.2) is 0 Å². The zero-order chi connectivity index (χ0) is 11.5. The molecular formula is C14H30. The molecule has 0 N–H and O–H groups in total. The van der Waals surface area contributed by atoms with Gasteiger partial charge in [-0.1, -0.05) is 55.4 Å². The van der Waals surface area contributed by atoms with E-state index in [1.165, 1.54) is 0 Å². The van der Waals surface area contributed by atoms with E-state index in [1.54, 1.807) is 0 Å². The van der Waals surface area contributed by atoms with Gasteiger partial charge in [0.1, 0.15) is 0 Å². The molecule has 0 aliphatic rings. The largest absolute Gasteiger partial charge is 0.0625 e. The predicted octanol–water partition coefficient (Wildman–Crippen LogP) is 4.84. The van der Waals surface area contributed by atoms with Crippen molar-refractivity contribution in [1.29, 1.82) is 0 Å². The van der Waals surface area contributed by atoms with E-state index in [9.17, 15) is 0 Å². The molecule has 0 saturated carbocycles. The van der Waals surface area contributed by atoms with E-state index in [4.69, 9.17) is 0 Å². The molecule has 0 spiro atoms. The van der Waals surface area contributed by atoms with Gasteiger partial charge < -0.3 is 0 Å². The van der Waals surface area contributed by atoms with Crippen LogP contribution in [-0.4, -0.2) is 0 Å². The smallest absolute Gasteiger partial charge is 0.0386 e. The summed E-state index contributed by atoms with van der Waals surface area (Å²) in [6, 6.07) is 0. The van der Waals surface area contributed by atoms with Crippen LogP contribution in [0.5, 0.6) is 0 Å². The third kappa shape index (κ3) is 3.63. The lowest BCUT2D eigenvalue weighted by molar-refractivity contribution is 0.150. The van der Waals surface area contributed by atoms with Crippen LogP contribution < -0.4 is 0 Å². The van der Waals surface area contributed by atoms with Crippen LogP contribution in [-0.2, 0) is 0 Å². The van der Waals surface area contributed by atoms with E-state index in [1.807, 2.05) is 0 Å². The summed E-state index contributed by atoms with van der Waals surface area (Å²) in [5.41, 5.74) is 0. The van der Waals surface area contributed by atoms with Crippen molar-refractivity contribution in [3.63, 3.8) is 0 Å². The lowest BCUT2D eigenvalue weighted by Gasteiger charge is -2.34. The molecule has 0 aromatic heterocycles. The Morgan fingerprint density at radius 3 is 0.714 bits per heavy atom. The maximum Gasteiger partial charge on any atom is -0.0386 e. The first kappa shape index (κ1) is 14.0. The highest BCUT2D eigenvalue weighted by atomic mass is 14.3. The van der Waals surface area contributed by atoms with Gasteiger partial charge in [0.2, 0.25) is 0 Å². The summed E-state index contributed by atoms with van der Waals surface area (Å²) >= 11 is 0. The summed E-state index contributed by atoms with van der Waals surface area (Å²) < 4.78 is 0. The summed E-state index contributed by atoms with van der Waals surface area (Å²) in [7, 11) is 0. The van der Waals surface area contributed by atoms with E-state index < -0.39 is 0 Å². The summed E-state index contributed by atoms with van der Waals surface area (Å²) in [5, 5.41) is 0. The van der Waals surface area contributed by atoms with Crippen molar-refractivity contribution >= 4 is 0 Å². The molecule has 0 aromatic rings. The minimum atomic E-state index is 0.812. The highest BCUT2D eigenvalue weighted by molar-refractivity contribution is 4.75. The van der Waals surface area contributed by atoms with Crippen LogP contribution in [0.25, 0.3) is 0 Å². The third-order valence-electron chi connectivity index (χ3n) is 4.59. The molecule has 0 nitrogen and oxygen atoms in total. The Morgan fingerprint density at radius 2 is 0.571 bits per heavy atom. The molecule has 0 aliphatic carbocycles. The van der Waals surface area contributed by atoms with Gasteiger partial charge >= 0.3 is 0 Å². The second-order valence-corrected chi connectivity index (χ2v) is 5.92. The SMILES string of the molecule is CC(C)[C@@H](C)[C@@H](C)[C@@H](C)[C@@H](C)C(C)C. The van der Waals surface area contributed by atoms with E-state index in [-0.39, 0.29) is 0 Å². The van der Waals surface area contributed by atoms with Crippen LogP contribution in [0.1, 0.15) is 55.4 Å². The van der Waals surface area contributed by atoms with Gasteiger partial charge in [0.15, 0.2) is 0 Å². The van der Waals surface area contributed by atoms with E-state index in [2.05, 4.69) is 55.4 Å². The molecule has 0 amide bonds. The highest BCUT2D eigenvalue weighted by Gasteiger charge is 2.26. The lowest BCUT2D eigenvalue weighted by Crippen LogP contribution is -2.27. The van der Waals surface area contributed by atoms with Crippen LogP contribution >= 0.6 is 0 Å². The fraction of sp³-hybridized carbons (Fsp3) is 1.00. The first-order valence-corrected chi connectivity index (χ1v) is 6.29. The molecule has 0 fully saturated rings. The fourth-order valence-corrected chi connectivity index (χ4v) is 2.17. The molecule has 14 heavy (non-hydrogen) atoms. The molecule has 0 heteroatoms. The third-order valence-corrected chi connectivity index (χ3v) is 4.59. The maximum absolute atomic E-state index is 2.42. The van der Waals surface area contributed by atoms with E-state index >= 15 is 0 Å². The molecule has 86 valence electrons. The van der Waals surface area contributed by atoms with Gasteiger partial charge in [0.05, 0.1) is 0 Å². The number of hydrogen-bond acceptors (Lipinski definition) is 0. The monoisotopic (exact) mass is 198 g/mol. The molecule has 0 aliphatic heterocycles. The Bertz CT molecular complexity index is 128. The maximum atomic E-state index is 2.42. The summed E-state index contributed by atoms with van der Waals surface area (Å²) in [5.74, 6) is 4.98. The van der Waals surface area contributed by atoms with Crippen molar-refractivity contribution in [1.82, 2.24) is 0 Å². The molecule has 0 saturated heterocycles. The van der Waals surface area contributed by atoms with Gasteiger partial charge in [-0.25, -0.2) is 0 Å². The van der Waals surface area contributed by atoms with Crippen molar-refractivity contribution in [2.45, 2.75) is 55.4 Å². The first-order valence-electron chi connectivity index (χ1n) is 6.29. The standard InChI is InChI=1S/C14H30/c1-9(2)11(5)13(7)14(8)12(6)10(3)4/h9-14H,1-8H3/t11-,12+,13-,14+. The summed E-state index contributed by atoms with van der Waals surface area (Å²) in [4.78, 5) is 0. The second kappa shape index (κ2) is 5.78. The predicted molar refractivity (Wildman–Crippen MR) is 66.3 cm³/mol. The molecule has 0 aromatic carbocycles. The van der Waals surface area contributed by atoms with Crippen LogP contribution in [0.3, 0.4) is 0 Å². The lowest BCUT2D eigenvalue weighted by atomic mass is 9.72. The van der Waals surface area contributed by atoms with E-state index in [0.29, 0.717) is 0 Å². The molecule has 0 rings (SSSR count). The highest BCUT2D eigenvalue weighted by Crippen LogP contribution is 2.33. The Morgan fingerprint density at radius 1 is 0.357 bits per heavy atom. The van der Waals surface area contributed by atoms with Crippen molar-refractivity contribution in [2.24, 2.45) is 35.5 Å². The molecular weight excluding hydrogens is 168 g/mol. The Labute approximate surface area is 91.5 Å². The van der Waals surface area contributed by atoms with E-state index in [0.717, 1.165) is 35.5 Å². The van der Waals surface area contributed by atoms with Crippen molar-refractivity contribution in [3.05, 3.63) is 0 Å². The molecule has 0 radical (unpaired) electrons. The van der Waals surface area contributed by atoms with Crippen molar-refractivity contribution < 1.29 is 0 Å². The van der Waals surface area contributed by atoms with Gasteiger partial charge in [-0.3, -0.25) is 0 Å². The quantitative estimate of drug-likeness (QED) is 0.593. The average molecular weight is 198 g/mol. The first-order chi connectivity index (χ1) is 6.29. The number of hydrogen-bond donors (Lipinski definition) is 0. The van der Waals surface area contributed by atoms with Gasteiger partial charge in [-0.2, -0.15) is 0 Å². The molecule has 0 unspecified atom stereocenters. The zero-order valence-electron chi connectivity index (χ0n) is 11.5. The molecule has 0 heterocycles. The molecule has 0 bridgehead atoms. The fourth-order valence-electron chi connectivity index (χ4n) is 2.17. The molecule has 4 atom stereocenters. The minimum Gasteiger partial charge on any atom is -0.0625 e. The van der Waals surface area contributed by atoms with Gasteiger partial charge in [-0.05, 0) is 35.5 Å². The summed E-state index contributed by atoms with van der Waals surface area (Å²) in [6.07, 6.45) is 0. The number of rotatable bonds is 5. The Balaban J connectivity index is 4.30. The van der Waals surface area contributed by atoms with Gasteiger partial charge in [0, 0.05) is 0 Å². The second-order valence-electron chi connectivity index (χ2n) is 5.92. The van der Waals surface area contributed by atoms with Crippen LogP contribution in [0.2, 0.25) is 0 Å². The zero-order valence-corrected chi connectivity index (χ0v) is 11.5. The van der Waals surface area contributed by atoms with Crippen molar-refractivity contribution in [2.75, 3.05) is 0 Å². The van der Waals surface area contributed by atoms with Crippen LogP contribution in [0, 0.1) is 35.5 Å². The van der Waals surface area contributed by atoms with Gasteiger partial charge in [0.25, 0.3) is 0 Å². The summed E-state index contributed by atoms with van der Waals surface area (Å²) in [6.45, 7) is 19.0. The average Bonchev–Trinajstić information content (AvgIpc) is 2.12. The minimum absolute atomic E-state index is 0.812. The normalized spacial score (nSPS) is 21.0. The van der Waals surface area contributed by atoms with Gasteiger partial charge in [-0.15, -0.1) is 0 Å². The Hall–Kier alpha value is 0. The topological polar surface area (TPSA) is 0 Å².